The molecule has 2 aliphatic rings. The summed E-state index contributed by atoms with van der Waals surface area (Å²) in [6.45, 7) is 2.03. The van der Waals surface area contributed by atoms with E-state index < -0.39 is 5.69 Å². The van der Waals surface area contributed by atoms with Gasteiger partial charge in [-0.25, -0.2) is 4.79 Å². The van der Waals surface area contributed by atoms with Crippen LogP contribution in [0.2, 0.25) is 0 Å². The number of furan rings is 1. The average Bonchev–Trinajstić information content (AvgIpc) is 3.41. The topological polar surface area (TPSA) is 109 Å². The lowest BCUT2D eigenvalue weighted by atomic mass is 9.96. The number of aromatic amines is 1. The molecule has 1 aliphatic heterocycles. The van der Waals surface area contributed by atoms with Crippen LogP contribution in [0.3, 0.4) is 0 Å². The minimum Gasteiger partial charge on any atom is -0.459 e. The maximum Gasteiger partial charge on any atom is 0.328 e. The van der Waals surface area contributed by atoms with Gasteiger partial charge in [-0.15, -0.1) is 0 Å². The van der Waals surface area contributed by atoms with E-state index in [1.165, 1.54) is 6.26 Å². The van der Waals surface area contributed by atoms with E-state index in [4.69, 9.17) is 4.42 Å². The number of hydrogen-bond acceptors (Lipinski definition) is 5. The molecule has 0 atom stereocenters. The van der Waals surface area contributed by atoms with Gasteiger partial charge in [0, 0.05) is 43.0 Å². The zero-order valence-electron chi connectivity index (χ0n) is 18.8. The van der Waals surface area contributed by atoms with Gasteiger partial charge >= 0.3 is 5.69 Å². The molecular weight excluding hydrogens is 436 g/mol. The standard InChI is InChI=1S/C25H26N4O5/c30-22-19-7-1-2-8-20(19)29(25(33)26-22)16-17-5-3-6-18(15-17)23(31)27-10-12-28(13-11-27)24(32)21-9-4-14-34-21/h3-6,9,14-15H,1-2,7-8,10-13,16H2,(H,26,30,33). The molecule has 9 heteroatoms. The molecule has 0 saturated carbocycles. The van der Waals surface area contributed by atoms with Crippen LogP contribution < -0.4 is 11.2 Å². The van der Waals surface area contributed by atoms with Gasteiger partial charge in [0.05, 0.1) is 12.8 Å². The van der Waals surface area contributed by atoms with Crippen molar-refractivity contribution in [1.29, 1.82) is 0 Å². The first kappa shape index (κ1) is 21.9. The molecule has 0 spiro atoms. The molecule has 2 aromatic heterocycles. The van der Waals surface area contributed by atoms with E-state index in [0.29, 0.717) is 62.5 Å². The zero-order chi connectivity index (χ0) is 23.7. The molecule has 3 aromatic rings. The van der Waals surface area contributed by atoms with Gasteiger partial charge in [-0.2, -0.15) is 0 Å². The Morgan fingerprint density at radius 2 is 1.65 bits per heavy atom. The average molecular weight is 463 g/mol. The molecule has 1 fully saturated rings. The fourth-order valence-electron chi connectivity index (χ4n) is 4.80. The fraction of sp³-hybridized carbons (Fsp3) is 0.360. The number of hydrogen-bond donors (Lipinski definition) is 1. The molecule has 0 radical (unpaired) electrons. The number of benzene rings is 1. The quantitative estimate of drug-likeness (QED) is 0.634. The number of carbonyl (C=O) groups excluding carboxylic acids is 2. The molecule has 9 nitrogen and oxygen atoms in total. The molecule has 1 aromatic carbocycles. The van der Waals surface area contributed by atoms with Crippen LogP contribution in [0.25, 0.3) is 0 Å². The second kappa shape index (κ2) is 9.17. The predicted octanol–water partition coefficient (Wildman–Crippen LogP) is 1.65. The highest BCUT2D eigenvalue weighted by atomic mass is 16.3. The van der Waals surface area contributed by atoms with Crippen molar-refractivity contribution >= 4 is 11.8 Å². The first-order chi connectivity index (χ1) is 16.5. The molecule has 34 heavy (non-hydrogen) atoms. The van der Waals surface area contributed by atoms with Crippen molar-refractivity contribution in [3.05, 3.63) is 91.6 Å². The number of aromatic nitrogens is 2. The number of rotatable bonds is 4. The van der Waals surface area contributed by atoms with Crippen molar-refractivity contribution in [2.45, 2.75) is 32.2 Å². The maximum absolute atomic E-state index is 13.1. The Balaban J connectivity index is 1.30. The van der Waals surface area contributed by atoms with Crippen molar-refractivity contribution in [2.75, 3.05) is 26.2 Å². The van der Waals surface area contributed by atoms with E-state index in [1.54, 1.807) is 38.6 Å². The third-order valence-electron chi connectivity index (χ3n) is 6.60. The Morgan fingerprint density at radius 3 is 2.38 bits per heavy atom. The predicted molar refractivity (Wildman–Crippen MR) is 124 cm³/mol. The van der Waals surface area contributed by atoms with Crippen molar-refractivity contribution in [3.63, 3.8) is 0 Å². The number of nitrogens with one attached hydrogen (secondary N) is 1. The van der Waals surface area contributed by atoms with Gasteiger partial charge in [0.2, 0.25) is 0 Å². The summed E-state index contributed by atoms with van der Waals surface area (Å²) in [4.78, 5) is 56.2. The summed E-state index contributed by atoms with van der Waals surface area (Å²) < 4.78 is 6.81. The summed E-state index contributed by atoms with van der Waals surface area (Å²) in [6.07, 6.45) is 4.74. The van der Waals surface area contributed by atoms with Crippen LogP contribution in [0.4, 0.5) is 0 Å². The van der Waals surface area contributed by atoms with E-state index in [0.717, 1.165) is 24.1 Å². The molecule has 0 bridgehead atoms. The number of H-pyrrole nitrogens is 1. The van der Waals surface area contributed by atoms with Crippen LogP contribution in [0.5, 0.6) is 0 Å². The van der Waals surface area contributed by atoms with Gasteiger partial charge in [-0.05, 0) is 55.5 Å². The van der Waals surface area contributed by atoms with E-state index >= 15 is 0 Å². The highest BCUT2D eigenvalue weighted by molar-refractivity contribution is 5.95. The number of amides is 2. The second-order valence-electron chi connectivity index (χ2n) is 8.74. The molecular formula is C25H26N4O5. The first-order valence-corrected chi connectivity index (χ1v) is 11.6. The molecule has 5 rings (SSSR count). The van der Waals surface area contributed by atoms with Crippen molar-refractivity contribution in [1.82, 2.24) is 19.4 Å². The zero-order valence-corrected chi connectivity index (χ0v) is 18.8. The van der Waals surface area contributed by atoms with E-state index in [9.17, 15) is 19.2 Å². The number of carbonyl (C=O) groups is 2. The van der Waals surface area contributed by atoms with Crippen LogP contribution in [-0.4, -0.2) is 57.3 Å². The Morgan fingerprint density at radius 1 is 0.912 bits per heavy atom. The van der Waals surface area contributed by atoms with Crippen LogP contribution in [0.15, 0.2) is 56.7 Å². The highest BCUT2D eigenvalue weighted by Crippen LogP contribution is 2.18. The Labute approximate surface area is 195 Å². The van der Waals surface area contributed by atoms with E-state index in [1.807, 2.05) is 12.1 Å². The normalized spacial score (nSPS) is 15.8. The summed E-state index contributed by atoms with van der Waals surface area (Å²) in [7, 11) is 0. The summed E-state index contributed by atoms with van der Waals surface area (Å²) in [5.41, 5.74) is 2.15. The monoisotopic (exact) mass is 462 g/mol. The third kappa shape index (κ3) is 4.21. The van der Waals surface area contributed by atoms with Crippen LogP contribution >= 0.6 is 0 Å². The molecule has 3 heterocycles. The van der Waals surface area contributed by atoms with Crippen molar-refractivity contribution in [2.24, 2.45) is 0 Å². The van der Waals surface area contributed by atoms with Gasteiger partial charge in [0.25, 0.3) is 17.4 Å². The van der Waals surface area contributed by atoms with Crippen molar-refractivity contribution in [3.8, 4) is 0 Å². The maximum atomic E-state index is 13.1. The molecule has 1 saturated heterocycles. The van der Waals surface area contributed by atoms with Gasteiger partial charge < -0.3 is 14.2 Å². The van der Waals surface area contributed by atoms with E-state index in [2.05, 4.69) is 4.98 Å². The highest BCUT2D eigenvalue weighted by Gasteiger charge is 2.27. The van der Waals surface area contributed by atoms with Gasteiger partial charge in [0.15, 0.2) is 5.76 Å². The lowest BCUT2D eigenvalue weighted by Crippen LogP contribution is -2.50. The SMILES string of the molecule is O=C(c1cccc(Cn2c3c(c(=O)[nH]c2=O)CCCC3)c1)N1CCN(C(=O)c2ccco2)CC1. The fourth-order valence-corrected chi connectivity index (χ4v) is 4.80. The number of fused-ring (bicyclic) bond motifs is 1. The molecule has 2 amide bonds. The van der Waals surface area contributed by atoms with Gasteiger partial charge in [-0.1, -0.05) is 12.1 Å². The summed E-state index contributed by atoms with van der Waals surface area (Å²) in [5.74, 6) is 0.0173. The van der Waals surface area contributed by atoms with Crippen molar-refractivity contribution < 1.29 is 14.0 Å². The first-order valence-electron chi connectivity index (χ1n) is 11.6. The molecule has 1 N–H and O–H groups in total. The summed E-state index contributed by atoms with van der Waals surface area (Å²) in [5, 5.41) is 0. The Hall–Kier alpha value is -3.88. The molecule has 176 valence electrons. The molecule has 0 unspecified atom stereocenters. The van der Waals surface area contributed by atoms with E-state index in [-0.39, 0.29) is 17.4 Å². The van der Waals surface area contributed by atoms with Gasteiger partial charge in [-0.3, -0.25) is 23.9 Å². The van der Waals surface area contributed by atoms with Crippen LogP contribution in [0.1, 0.15) is 50.6 Å². The summed E-state index contributed by atoms with van der Waals surface area (Å²) in [6, 6.07) is 10.6. The third-order valence-corrected chi connectivity index (χ3v) is 6.60. The van der Waals surface area contributed by atoms with Crippen LogP contribution in [-0.2, 0) is 19.4 Å². The minimum atomic E-state index is -0.417. The largest absolute Gasteiger partial charge is 0.459 e. The Bertz CT molecular complexity index is 1330. The van der Waals surface area contributed by atoms with Gasteiger partial charge in [0.1, 0.15) is 0 Å². The summed E-state index contributed by atoms with van der Waals surface area (Å²) >= 11 is 0. The smallest absolute Gasteiger partial charge is 0.328 e. The molecule has 1 aliphatic carbocycles. The number of piperazine rings is 1. The second-order valence-corrected chi connectivity index (χ2v) is 8.74. The lowest BCUT2D eigenvalue weighted by Gasteiger charge is -2.34. The Kier molecular flexibility index (Phi) is 5.91. The minimum absolute atomic E-state index is 0.109. The number of nitrogens with zero attached hydrogens (tertiary/aromatic N) is 3. The van der Waals surface area contributed by atoms with Crippen LogP contribution in [0, 0.1) is 0 Å². The lowest BCUT2D eigenvalue weighted by molar-refractivity contribution is 0.0518.